The lowest BCUT2D eigenvalue weighted by Gasteiger charge is -2.44. The molecule has 2 heterocycles. The molecular formula is C15H22ClN3O. The quantitative estimate of drug-likeness (QED) is 0.786. The molecule has 3 rings (SSSR count). The molecule has 110 valence electrons. The molecule has 3 N–H and O–H groups in total. The molecule has 5 heteroatoms. The Morgan fingerprint density at radius 2 is 2.15 bits per heavy atom. The van der Waals surface area contributed by atoms with Crippen molar-refractivity contribution in [2.75, 3.05) is 6.54 Å². The predicted molar refractivity (Wildman–Crippen MR) is 80.1 cm³/mol. The Hall–Kier alpha value is -1.00. The van der Waals surface area contributed by atoms with Gasteiger partial charge in [-0.2, -0.15) is 0 Å². The first kappa shape index (κ1) is 14.0. The van der Waals surface area contributed by atoms with Crippen LogP contribution < -0.4 is 10.6 Å². The van der Waals surface area contributed by atoms with Gasteiger partial charge in [0.1, 0.15) is 5.69 Å². The van der Waals surface area contributed by atoms with Gasteiger partial charge in [0.15, 0.2) is 0 Å². The predicted octanol–water partition coefficient (Wildman–Crippen LogP) is 2.85. The van der Waals surface area contributed by atoms with Crippen molar-refractivity contribution >= 4 is 17.5 Å². The third kappa shape index (κ3) is 3.01. The van der Waals surface area contributed by atoms with Gasteiger partial charge in [0.2, 0.25) is 0 Å². The number of aromatic nitrogens is 1. The lowest BCUT2D eigenvalue weighted by Crippen LogP contribution is -2.57. The van der Waals surface area contributed by atoms with Crippen LogP contribution in [-0.2, 0) is 0 Å². The third-order valence-corrected chi connectivity index (χ3v) is 4.89. The molecular weight excluding hydrogens is 274 g/mol. The molecule has 2 aliphatic rings. The van der Waals surface area contributed by atoms with Crippen LogP contribution in [0.5, 0.6) is 0 Å². The zero-order chi connectivity index (χ0) is 14.0. The maximum absolute atomic E-state index is 12.2. The molecule has 0 aromatic carbocycles. The van der Waals surface area contributed by atoms with Gasteiger partial charge >= 0.3 is 0 Å². The van der Waals surface area contributed by atoms with Gasteiger partial charge in [-0.15, -0.1) is 0 Å². The number of rotatable bonds is 2. The smallest absolute Gasteiger partial charge is 0.267 e. The number of carbonyl (C=O) groups is 1. The van der Waals surface area contributed by atoms with Gasteiger partial charge in [-0.3, -0.25) is 4.79 Å². The zero-order valence-corrected chi connectivity index (χ0v) is 12.4. The van der Waals surface area contributed by atoms with Crippen LogP contribution in [0.15, 0.2) is 12.3 Å². The Balaban J connectivity index is 1.61. The van der Waals surface area contributed by atoms with Crippen LogP contribution in [0, 0.1) is 0 Å². The molecule has 1 aliphatic heterocycles. The van der Waals surface area contributed by atoms with Gasteiger partial charge in [-0.1, -0.05) is 30.9 Å². The maximum Gasteiger partial charge on any atom is 0.267 e. The highest BCUT2D eigenvalue weighted by molar-refractivity contribution is 6.30. The number of halogens is 1. The van der Waals surface area contributed by atoms with E-state index in [0.717, 1.165) is 19.4 Å². The first-order chi connectivity index (χ1) is 9.67. The van der Waals surface area contributed by atoms with Crippen molar-refractivity contribution in [2.24, 2.45) is 0 Å². The first-order valence-electron chi connectivity index (χ1n) is 7.57. The van der Waals surface area contributed by atoms with Crippen LogP contribution in [-0.4, -0.2) is 29.0 Å². The molecule has 1 unspecified atom stereocenters. The van der Waals surface area contributed by atoms with E-state index in [4.69, 9.17) is 11.6 Å². The molecule has 20 heavy (non-hydrogen) atoms. The molecule has 1 aromatic heterocycles. The van der Waals surface area contributed by atoms with Crippen LogP contribution in [0.1, 0.15) is 55.4 Å². The number of amides is 1. The van der Waals surface area contributed by atoms with Crippen molar-refractivity contribution in [2.45, 2.75) is 56.5 Å². The lowest BCUT2D eigenvalue weighted by molar-refractivity contribution is 0.0888. The highest BCUT2D eigenvalue weighted by Crippen LogP contribution is 2.34. The molecule has 0 bridgehead atoms. The number of piperidine rings is 1. The van der Waals surface area contributed by atoms with Gasteiger partial charge in [-0.25, -0.2) is 0 Å². The minimum atomic E-state index is -0.0465. The van der Waals surface area contributed by atoms with E-state index >= 15 is 0 Å². The molecule has 4 nitrogen and oxygen atoms in total. The molecule has 1 saturated carbocycles. The SMILES string of the molecule is O=C(NC1CCNC2(CCCCC2)C1)c1cc(Cl)c[nH]1. The fourth-order valence-electron chi connectivity index (χ4n) is 3.65. The second-order valence-corrected chi connectivity index (χ2v) is 6.60. The first-order valence-corrected chi connectivity index (χ1v) is 7.95. The van der Waals surface area contributed by atoms with E-state index in [1.165, 1.54) is 32.1 Å². The molecule has 1 saturated heterocycles. The summed E-state index contributed by atoms with van der Waals surface area (Å²) in [6.45, 7) is 0.996. The number of hydrogen-bond donors (Lipinski definition) is 3. The zero-order valence-electron chi connectivity index (χ0n) is 11.7. The van der Waals surface area contributed by atoms with E-state index in [-0.39, 0.29) is 17.5 Å². The third-order valence-electron chi connectivity index (χ3n) is 4.67. The van der Waals surface area contributed by atoms with Crippen molar-refractivity contribution < 1.29 is 4.79 Å². The molecule has 1 atom stereocenters. The largest absolute Gasteiger partial charge is 0.356 e. The van der Waals surface area contributed by atoms with E-state index in [1.807, 2.05) is 0 Å². The Morgan fingerprint density at radius 1 is 1.35 bits per heavy atom. The van der Waals surface area contributed by atoms with E-state index in [0.29, 0.717) is 10.7 Å². The fourth-order valence-corrected chi connectivity index (χ4v) is 3.82. The highest BCUT2D eigenvalue weighted by Gasteiger charge is 2.37. The average Bonchev–Trinajstić information content (AvgIpc) is 2.86. The normalized spacial score (nSPS) is 25.6. The molecule has 1 aliphatic carbocycles. The van der Waals surface area contributed by atoms with Crippen molar-refractivity contribution in [3.8, 4) is 0 Å². The topological polar surface area (TPSA) is 56.9 Å². The van der Waals surface area contributed by atoms with Crippen molar-refractivity contribution in [3.63, 3.8) is 0 Å². The fraction of sp³-hybridized carbons (Fsp3) is 0.667. The maximum atomic E-state index is 12.2. The van der Waals surface area contributed by atoms with Crippen LogP contribution in [0.25, 0.3) is 0 Å². The van der Waals surface area contributed by atoms with Crippen LogP contribution in [0.3, 0.4) is 0 Å². The number of hydrogen-bond acceptors (Lipinski definition) is 2. The summed E-state index contributed by atoms with van der Waals surface area (Å²) in [6.07, 6.45) is 10.1. The Bertz CT molecular complexity index is 474. The van der Waals surface area contributed by atoms with Crippen molar-refractivity contribution in [1.29, 1.82) is 0 Å². The average molecular weight is 296 g/mol. The molecule has 1 aromatic rings. The minimum absolute atomic E-state index is 0.0465. The van der Waals surface area contributed by atoms with E-state index < -0.39 is 0 Å². The van der Waals surface area contributed by atoms with Crippen LogP contribution >= 0.6 is 11.6 Å². The van der Waals surface area contributed by atoms with E-state index in [2.05, 4.69) is 15.6 Å². The summed E-state index contributed by atoms with van der Waals surface area (Å²) < 4.78 is 0. The van der Waals surface area contributed by atoms with Crippen molar-refractivity contribution in [3.05, 3.63) is 23.0 Å². The van der Waals surface area contributed by atoms with Crippen molar-refractivity contribution in [1.82, 2.24) is 15.6 Å². The number of carbonyl (C=O) groups excluding carboxylic acids is 1. The molecule has 0 radical (unpaired) electrons. The van der Waals surface area contributed by atoms with Gasteiger partial charge in [0.05, 0.1) is 5.02 Å². The van der Waals surface area contributed by atoms with Gasteiger partial charge < -0.3 is 15.6 Å². The summed E-state index contributed by atoms with van der Waals surface area (Å²) in [5, 5.41) is 7.43. The van der Waals surface area contributed by atoms with E-state index in [9.17, 15) is 4.79 Å². The van der Waals surface area contributed by atoms with Crippen LogP contribution in [0.2, 0.25) is 5.02 Å². The summed E-state index contributed by atoms with van der Waals surface area (Å²) in [5.41, 5.74) is 0.813. The minimum Gasteiger partial charge on any atom is -0.356 e. The summed E-state index contributed by atoms with van der Waals surface area (Å²) in [6, 6.07) is 1.94. The summed E-state index contributed by atoms with van der Waals surface area (Å²) in [5.74, 6) is -0.0465. The standard InChI is InChI=1S/C15H22ClN3O/c16-11-8-13(17-10-11)14(20)19-12-4-7-18-15(9-12)5-2-1-3-6-15/h8,10,12,17-18H,1-7,9H2,(H,19,20). The lowest BCUT2D eigenvalue weighted by atomic mass is 9.75. The molecule has 1 spiro atoms. The van der Waals surface area contributed by atoms with Crippen LogP contribution in [0.4, 0.5) is 0 Å². The second kappa shape index (κ2) is 5.78. The monoisotopic (exact) mass is 295 g/mol. The summed E-state index contributed by atoms with van der Waals surface area (Å²) in [4.78, 5) is 15.1. The Labute approximate surface area is 124 Å². The Kier molecular flexibility index (Phi) is 4.03. The summed E-state index contributed by atoms with van der Waals surface area (Å²) >= 11 is 5.84. The highest BCUT2D eigenvalue weighted by atomic mass is 35.5. The van der Waals surface area contributed by atoms with Gasteiger partial charge in [0, 0.05) is 17.8 Å². The summed E-state index contributed by atoms with van der Waals surface area (Å²) in [7, 11) is 0. The second-order valence-electron chi connectivity index (χ2n) is 6.16. The Morgan fingerprint density at radius 3 is 2.85 bits per heavy atom. The number of nitrogens with one attached hydrogen (secondary N) is 3. The number of H-pyrrole nitrogens is 1. The van der Waals surface area contributed by atoms with Gasteiger partial charge in [0.25, 0.3) is 5.91 Å². The molecule has 2 fully saturated rings. The number of aromatic amines is 1. The van der Waals surface area contributed by atoms with Gasteiger partial charge in [-0.05, 0) is 38.3 Å². The molecule has 1 amide bonds. The van der Waals surface area contributed by atoms with E-state index in [1.54, 1.807) is 12.3 Å².